The van der Waals surface area contributed by atoms with Crippen LogP contribution in [0.1, 0.15) is 60.7 Å². The van der Waals surface area contributed by atoms with Gasteiger partial charge in [0.25, 0.3) is 0 Å². The van der Waals surface area contributed by atoms with Crippen LogP contribution in [0.15, 0.2) is 78.3 Å². The molecular formula is C32H40N7O3S+. The Kier molecular flexibility index (Phi) is 12.4. The molecule has 4 rings (SSSR count). The molecule has 0 fully saturated rings. The summed E-state index contributed by atoms with van der Waals surface area (Å²) in [6, 6.07) is 17.2. The zero-order valence-corrected chi connectivity index (χ0v) is 25.3. The van der Waals surface area contributed by atoms with Crippen molar-refractivity contribution in [1.82, 2.24) is 26.3 Å². The molecule has 2 heterocycles. The van der Waals surface area contributed by atoms with Crippen molar-refractivity contribution >= 4 is 34.2 Å². The van der Waals surface area contributed by atoms with Crippen molar-refractivity contribution in [2.45, 2.75) is 64.7 Å². The first kappa shape index (κ1) is 31.6. The molecule has 11 heteroatoms. The molecule has 1 aliphatic rings. The van der Waals surface area contributed by atoms with Gasteiger partial charge in [0.2, 0.25) is 28.7 Å². The van der Waals surface area contributed by atoms with Crippen molar-refractivity contribution in [3.63, 3.8) is 0 Å². The van der Waals surface area contributed by atoms with Crippen molar-refractivity contribution < 1.29 is 19.8 Å². The van der Waals surface area contributed by atoms with Gasteiger partial charge in [-0.1, -0.05) is 79.3 Å². The van der Waals surface area contributed by atoms with Crippen LogP contribution < -0.4 is 26.8 Å². The van der Waals surface area contributed by atoms with E-state index in [0.29, 0.717) is 24.5 Å². The summed E-state index contributed by atoms with van der Waals surface area (Å²) in [5.41, 5.74) is 8.89. The second kappa shape index (κ2) is 16.9. The lowest BCUT2D eigenvalue weighted by molar-refractivity contribution is -0.664. The number of allylic oxidation sites excluding steroid dienone is 3. The van der Waals surface area contributed by atoms with Crippen molar-refractivity contribution in [2.24, 2.45) is 0 Å². The standard InChI is InChI=1S/C32H39N7O3S/c1-2-3-18-33-28(40)21-24-12-9-13-25(19-24)22-30(42)35-32-39-38-31(43-32)15-8-7-14-26-16-17-27(37-36-26)34-29(41)20-23-10-5-4-6-11-23/h4-6,9-13,16-17,19,36-37H,2-3,7-8,14-15,18,20-22H2,1H3,(H,33,40)(H,34,41)(H,35,39,42)/p+1. The van der Waals surface area contributed by atoms with E-state index in [1.54, 1.807) is 0 Å². The molecule has 1 aromatic heterocycles. The van der Waals surface area contributed by atoms with Gasteiger partial charge in [0.15, 0.2) is 0 Å². The Balaban J connectivity index is 1.13. The Hall–Kier alpha value is -4.35. The van der Waals surface area contributed by atoms with Crippen LogP contribution in [0.25, 0.3) is 0 Å². The highest BCUT2D eigenvalue weighted by Crippen LogP contribution is 2.19. The lowest BCUT2D eigenvalue weighted by atomic mass is 10.1. The van der Waals surface area contributed by atoms with E-state index in [0.717, 1.165) is 71.7 Å². The first-order chi connectivity index (χ1) is 21.0. The number of nitrogens with two attached hydrogens (primary N) is 1. The van der Waals surface area contributed by atoms with E-state index in [4.69, 9.17) is 0 Å². The van der Waals surface area contributed by atoms with Crippen molar-refractivity contribution in [3.05, 3.63) is 100.0 Å². The minimum absolute atomic E-state index is 0.00683. The summed E-state index contributed by atoms with van der Waals surface area (Å²) in [6.07, 6.45) is 10.3. The van der Waals surface area contributed by atoms with Gasteiger partial charge < -0.3 is 10.6 Å². The average molecular weight is 603 g/mol. The molecule has 6 N–H and O–H groups in total. The Labute approximate surface area is 256 Å². The van der Waals surface area contributed by atoms with Crippen LogP contribution in [0.4, 0.5) is 5.13 Å². The number of carbonyl (C=O) groups is 3. The Morgan fingerprint density at radius 2 is 1.49 bits per heavy atom. The third kappa shape index (κ3) is 11.4. The summed E-state index contributed by atoms with van der Waals surface area (Å²) in [5.74, 6) is 0.522. The largest absolute Gasteiger partial charge is 0.356 e. The molecule has 3 amide bonds. The van der Waals surface area contributed by atoms with Crippen LogP contribution in [-0.4, -0.2) is 34.5 Å². The molecule has 43 heavy (non-hydrogen) atoms. The topological polar surface area (TPSA) is 142 Å². The number of benzene rings is 2. The lowest BCUT2D eigenvalue weighted by Gasteiger charge is -2.15. The Morgan fingerprint density at radius 3 is 2.23 bits per heavy atom. The van der Waals surface area contributed by atoms with Gasteiger partial charge in [0.1, 0.15) is 5.01 Å². The molecule has 1 aliphatic heterocycles. The van der Waals surface area contributed by atoms with E-state index in [-0.39, 0.29) is 24.1 Å². The van der Waals surface area contributed by atoms with Gasteiger partial charge in [-0.3, -0.25) is 19.7 Å². The monoisotopic (exact) mass is 602 g/mol. The zero-order chi connectivity index (χ0) is 30.3. The number of quaternary nitrogens is 1. The maximum absolute atomic E-state index is 12.6. The predicted molar refractivity (Wildman–Crippen MR) is 167 cm³/mol. The molecule has 3 aromatic rings. The fourth-order valence-corrected chi connectivity index (χ4v) is 5.32. The van der Waals surface area contributed by atoms with Crippen LogP contribution in [-0.2, 0) is 40.1 Å². The molecule has 0 saturated heterocycles. The summed E-state index contributed by atoms with van der Waals surface area (Å²) >= 11 is 1.39. The molecule has 0 spiro atoms. The van der Waals surface area contributed by atoms with Crippen molar-refractivity contribution in [3.8, 4) is 0 Å². The molecule has 0 aliphatic carbocycles. The summed E-state index contributed by atoms with van der Waals surface area (Å²) < 4.78 is 0. The second-order valence-corrected chi connectivity index (χ2v) is 11.5. The number of rotatable bonds is 16. The van der Waals surface area contributed by atoms with E-state index in [2.05, 4.69) is 38.5 Å². The average Bonchev–Trinajstić information content (AvgIpc) is 3.43. The van der Waals surface area contributed by atoms with E-state index in [9.17, 15) is 14.4 Å². The van der Waals surface area contributed by atoms with Crippen LogP contribution >= 0.6 is 11.3 Å². The minimum atomic E-state index is -0.164. The van der Waals surface area contributed by atoms with E-state index >= 15 is 0 Å². The number of carbonyl (C=O) groups excluding carboxylic acids is 3. The lowest BCUT2D eigenvalue weighted by Crippen LogP contribution is -2.93. The fourth-order valence-electron chi connectivity index (χ4n) is 4.52. The number of hydrogen-bond donors (Lipinski definition) is 5. The van der Waals surface area contributed by atoms with Gasteiger partial charge in [0, 0.05) is 19.0 Å². The van der Waals surface area contributed by atoms with Gasteiger partial charge in [-0.05, 0) is 48.4 Å². The Bertz CT molecular complexity index is 1440. The third-order valence-corrected chi connectivity index (χ3v) is 7.64. The SMILES string of the molecule is CCCCNC(=O)Cc1cccc(CC(=O)Nc2nnc(CCCCC3=CC=C(NC(=O)Cc4ccccc4)[NH2+]N3)s2)c1. The van der Waals surface area contributed by atoms with Gasteiger partial charge in [-0.15, -0.1) is 10.2 Å². The first-order valence-electron chi connectivity index (χ1n) is 14.8. The molecule has 0 radical (unpaired) electrons. The zero-order valence-electron chi connectivity index (χ0n) is 24.5. The van der Waals surface area contributed by atoms with E-state index < -0.39 is 0 Å². The summed E-state index contributed by atoms with van der Waals surface area (Å²) in [6.45, 7) is 2.77. The normalized spacial score (nSPS) is 12.5. The third-order valence-electron chi connectivity index (χ3n) is 6.74. The second-order valence-electron chi connectivity index (χ2n) is 10.4. The molecular weight excluding hydrogens is 562 g/mol. The van der Waals surface area contributed by atoms with Gasteiger partial charge in [-0.25, -0.2) is 5.43 Å². The van der Waals surface area contributed by atoms with Crippen LogP contribution in [0.3, 0.4) is 0 Å². The van der Waals surface area contributed by atoms with Crippen molar-refractivity contribution in [2.75, 3.05) is 11.9 Å². The van der Waals surface area contributed by atoms with Crippen molar-refractivity contribution in [1.29, 1.82) is 0 Å². The molecule has 10 nitrogen and oxygen atoms in total. The van der Waals surface area contributed by atoms with Crippen LogP contribution in [0.5, 0.6) is 0 Å². The number of aryl methyl sites for hydroxylation is 1. The summed E-state index contributed by atoms with van der Waals surface area (Å²) in [5, 5.41) is 18.4. The quantitative estimate of drug-likeness (QED) is 0.126. The highest BCUT2D eigenvalue weighted by atomic mass is 32.1. The van der Waals surface area contributed by atoms with Crippen LogP contribution in [0.2, 0.25) is 0 Å². The summed E-state index contributed by atoms with van der Waals surface area (Å²) in [7, 11) is 0. The number of nitrogens with zero attached hydrogens (tertiary/aromatic N) is 2. The van der Waals surface area contributed by atoms with Gasteiger partial charge >= 0.3 is 0 Å². The molecule has 226 valence electrons. The van der Waals surface area contributed by atoms with Crippen LogP contribution in [0, 0.1) is 0 Å². The maximum atomic E-state index is 12.6. The number of unbranched alkanes of at least 4 members (excludes halogenated alkanes) is 2. The Morgan fingerprint density at radius 1 is 0.791 bits per heavy atom. The number of anilines is 1. The highest BCUT2D eigenvalue weighted by Gasteiger charge is 2.14. The predicted octanol–water partition coefficient (Wildman–Crippen LogP) is 3.06. The first-order valence-corrected chi connectivity index (χ1v) is 15.6. The molecule has 0 saturated carbocycles. The fraction of sp³-hybridized carbons (Fsp3) is 0.344. The van der Waals surface area contributed by atoms with Gasteiger partial charge in [0.05, 0.1) is 25.0 Å². The molecule has 0 unspecified atom stereocenters. The number of hydrogen-bond acceptors (Lipinski definition) is 7. The van der Waals surface area contributed by atoms with E-state index in [1.807, 2.05) is 72.2 Å². The maximum Gasteiger partial charge on any atom is 0.232 e. The highest BCUT2D eigenvalue weighted by molar-refractivity contribution is 7.15. The molecule has 2 aromatic carbocycles. The summed E-state index contributed by atoms with van der Waals surface area (Å²) in [4.78, 5) is 37.0. The van der Waals surface area contributed by atoms with Gasteiger partial charge in [-0.2, -0.15) is 5.43 Å². The van der Waals surface area contributed by atoms with E-state index in [1.165, 1.54) is 11.3 Å². The number of aromatic nitrogens is 2. The number of amides is 3. The number of nitrogens with one attached hydrogen (secondary N) is 4. The molecule has 0 atom stereocenters. The minimum Gasteiger partial charge on any atom is -0.356 e. The molecule has 0 bridgehead atoms. The smallest absolute Gasteiger partial charge is 0.232 e.